The second-order valence-corrected chi connectivity index (χ2v) is 45.3. The number of piperidine rings is 6. The Bertz CT molecular complexity index is 3400. The standard InChI is InChI=1S/C19H35N3O3.C17H30N4O.C17H31N3O3.2C16H30N2O3.C15H28N2O3/c1-19(2,3)13-17(23)21-7-5-16(6-8-21)14-20-9-11-22(12-10-20)18(24)15-25-4;1-17(2,3)12-14-13-21(19-18-14)16-4-8-20(9-5-16)15-6-10-22-11-7-15;1-14(2)12-16(21)19-6-4-15(5-7-19)13-18-8-10-20(11-9-18)17(22)23-3;2*1-16(2,3)10-15(20)17-6-4-13(5-7-17)18-8-9-21-14(11-18)12-19;1-12(2)9-15(19)16-5-3-13(4-6-16)17-7-8-20-11-14(17)10-18/h16H,5-15H2,1-4H3;13,15-16H,4-12H2,1-3H3;14-15H,4-13H2,1-3H3;2*13-14,19H,4-12H2,1-3H3;12-14,18H,3-11H2,1-2H3/t;;;2*14-;/m...10./s1. The SMILES string of the molecule is CC(C)(C)CC(=O)N1CCC(N2CCO[C@@H](CO)C2)CC1.CC(C)(C)CC(=O)N1CCC(N2CCO[C@H](CO)C2)CC1.CC(C)(C)Cc1cn(C2CCN(C3CCOCC3)CC2)nn1.CC(C)CC(=O)N1CCC(N2CCOCC2CO)CC1.COC(=O)N1CCN(CC2CCN(C(=O)CC(C)C)CC2)CC1.COCC(=O)N1CCN(CC2CCN(C(=O)CC(C)(C)C)CC2)CC1. The fourth-order valence-corrected chi connectivity index (χ4v) is 20.5. The van der Waals surface area contributed by atoms with Crippen LogP contribution in [0.3, 0.4) is 0 Å². The predicted octanol–water partition coefficient (Wildman–Crippen LogP) is 8.72. The lowest BCUT2D eigenvalue weighted by atomic mass is 9.90. The molecule has 13 heterocycles. The Morgan fingerprint density at radius 1 is 0.394 bits per heavy atom. The third-order valence-corrected chi connectivity index (χ3v) is 28.0. The highest BCUT2D eigenvalue weighted by atomic mass is 16.5. The minimum absolute atomic E-state index is 0.0423. The molecule has 1 aromatic rings. The minimum atomic E-state index is -0.221. The third kappa shape index (κ3) is 40.2. The van der Waals surface area contributed by atoms with E-state index in [1.54, 1.807) is 12.0 Å². The highest BCUT2D eigenvalue weighted by Gasteiger charge is 2.39. The molecule has 132 heavy (non-hydrogen) atoms. The summed E-state index contributed by atoms with van der Waals surface area (Å²) in [5, 5.41) is 36.7. The van der Waals surface area contributed by atoms with Crippen LogP contribution in [-0.2, 0) is 63.6 Å². The van der Waals surface area contributed by atoms with Crippen LogP contribution in [0.15, 0.2) is 6.20 Å². The maximum atomic E-state index is 12.3. The van der Waals surface area contributed by atoms with Gasteiger partial charge in [0.25, 0.3) is 0 Å². The Labute approximate surface area is 795 Å². The van der Waals surface area contributed by atoms with Crippen LogP contribution >= 0.6 is 0 Å². The monoisotopic (exact) mass is 1870 g/mol. The quantitative estimate of drug-likeness (QED) is 0.0977. The van der Waals surface area contributed by atoms with Crippen LogP contribution in [0.5, 0.6) is 0 Å². The topological polar surface area (TPSA) is 308 Å². The van der Waals surface area contributed by atoms with Gasteiger partial charge in [0.2, 0.25) is 35.4 Å². The molecule has 32 heteroatoms. The number of morpholine rings is 3. The number of hydrogen-bond donors (Lipinski definition) is 3. The molecule has 1 aromatic heterocycles. The van der Waals surface area contributed by atoms with E-state index in [4.69, 9.17) is 28.4 Å². The van der Waals surface area contributed by atoms with Gasteiger partial charge in [0, 0.05) is 260 Å². The van der Waals surface area contributed by atoms with Crippen LogP contribution in [0.1, 0.15) is 245 Å². The number of ether oxygens (including phenoxy) is 6. The van der Waals surface area contributed by atoms with Gasteiger partial charge in [0.1, 0.15) is 6.61 Å². The third-order valence-electron chi connectivity index (χ3n) is 28.0. The second-order valence-electron chi connectivity index (χ2n) is 45.3. The Hall–Kier alpha value is -5.33. The maximum Gasteiger partial charge on any atom is 0.409 e. The fourth-order valence-electron chi connectivity index (χ4n) is 20.5. The van der Waals surface area contributed by atoms with Crippen LogP contribution in [-0.4, -0.2) is 435 Å². The van der Waals surface area contributed by atoms with Crippen LogP contribution < -0.4 is 0 Å². The number of carbonyl (C=O) groups excluding carboxylic acids is 7. The molecule has 0 saturated carbocycles. The summed E-state index contributed by atoms with van der Waals surface area (Å²) in [6.45, 7) is 63.8. The number of likely N-dealkylation sites (tertiary alicyclic amines) is 6. The molecule has 0 aliphatic carbocycles. The molecule has 12 saturated heterocycles. The first kappa shape index (κ1) is 112. The van der Waals surface area contributed by atoms with Crippen molar-refractivity contribution in [3.05, 3.63) is 11.9 Å². The summed E-state index contributed by atoms with van der Waals surface area (Å²) in [5.74, 6) is 3.77. The van der Waals surface area contributed by atoms with E-state index >= 15 is 0 Å². The van der Waals surface area contributed by atoms with Crippen molar-refractivity contribution in [3.63, 3.8) is 0 Å². The van der Waals surface area contributed by atoms with Crippen molar-refractivity contribution >= 4 is 41.5 Å². The number of rotatable bonds is 22. The molecule has 760 valence electrons. The highest BCUT2D eigenvalue weighted by Crippen LogP contribution is 2.32. The molecule has 0 radical (unpaired) electrons. The summed E-state index contributed by atoms with van der Waals surface area (Å²) in [6.07, 6.45) is 21.4. The molecule has 12 aliphatic rings. The van der Waals surface area contributed by atoms with Crippen molar-refractivity contribution in [1.29, 1.82) is 0 Å². The lowest BCUT2D eigenvalue weighted by Gasteiger charge is -2.44. The molecule has 32 nitrogen and oxygen atoms in total. The number of aliphatic hydroxyl groups excluding tert-OH is 3. The van der Waals surface area contributed by atoms with Gasteiger partial charge in [-0.1, -0.05) is 116 Å². The number of aromatic nitrogens is 3. The number of piperazine rings is 2. The number of amides is 7. The van der Waals surface area contributed by atoms with E-state index in [2.05, 4.69) is 161 Å². The zero-order valence-electron chi connectivity index (χ0n) is 85.6. The first-order valence-corrected chi connectivity index (χ1v) is 51.2. The zero-order valence-corrected chi connectivity index (χ0v) is 85.6. The van der Waals surface area contributed by atoms with Crippen LogP contribution in [0.4, 0.5) is 4.79 Å². The first-order chi connectivity index (χ1) is 62.7. The molecule has 12 fully saturated rings. The Balaban J connectivity index is 0.000000195. The predicted molar refractivity (Wildman–Crippen MR) is 516 cm³/mol. The van der Waals surface area contributed by atoms with E-state index in [0.29, 0.717) is 117 Å². The molecule has 0 spiro atoms. The van der Waals surface area contributed by atoms with Gasteiger partial charge < -0.3 is 82.9 Å². The van der Waals surface area contributed by atoms with Crippen molar-refractivity contribution in [1.82, 2.24) is 78.7 Å². The average Bonchev–Trinajstić information content (AvgIpc) is 1.64. The Kier molecular flexibility index (Phi) is 47.5. The number of methoxy groups -OCH3 is 2. The van der Waals surface area contributed by atoms with Crippen molar-refractivity contribution in [3.8, 4) is 0 Å². The molecule has 1 unspecified atom stereocenters. The van der Waals surface area contributed by atoms with Crippen LogP contribution in [0.2, 0.25) is 0 Å². The molecular weight excluding hydrogens is 1680 g/mol. The molecular formula is C100H184N16O16. The molecule has 0 aromatic carbocycles. The lowest BCUT2D eigenvalue weighted by Crippen LogP contribution is -2.55. The summed E-state index contributed by atoms with van der Waals surface area (Å²) < 4.78 is 33.7. The van der Waals surface area contributed by atoms with E-state index in [1.807, 2.05) is 29.4 Å². The van der Waals surface area contributed by atoms with Crippen LogP contribution in [0.25, 0.3) is 0 Å². The van der Waals surface area contributed by atoms with Crippen molar-refractivity contribution < 1.29 is 77.3 Å². The second kappa shape index (κ2) is 56.1. The fraction of sp³-hybridized carbons (Fsp3) is 0.910. The molecule has 3 N–H and O–H groups in total. The van der Waals surface area contributed by atoms with E-state index in [-0.39, 0.29) is 90.2 Å². The van der Waals surface area contributed by atoms with E-state index in [0.717, 1.165) is 266 Å². The van der Waals surface area contributed by atoms with E-state index in [1.165, 1.54) is 45.9 Å². The van der Waals surface area contributed by atoms with Gasteiger partial charge in [0.05, 0.1) is 83.3 Å². The summed E-state index contributed by atoms with van der Waals surface area (Å²) in [6, 6.07) is 2.94. The Morgan fingerprint density at radius 2 is 0.773 bits per heavy atom. The molecule has 0 bridgehead atoms. The highest BCUT2D eigenvalue weighted by molar-refractivity contribution is 5.79. The average molecular weight is 1870 g/mol. The molecule has 3 atom stereocenters. The summed E-state index contributed by atoms with van der Waals surface area (Å²) >= 11 is 0. The minimum Gasteiger partial charge on any atom is -0.453 e. The van der Waals surface area contributed by atoms with Gasteiger partial charge in [-0.3, -0.25) is 53.3 Å². The van der Waals surface area contributed by atoms with Crippen molar-refractivity contribution in [2.24, 2.45) is 45.3 Å². The lowest BCUT2D eigenvalue weighted by molar-refractivity contribution is -0.137. The smallest absolute Gasteiger partial charge is 0.409 e. The number of hydrogen-bond acceptors (Lipinski definition) is 24. The molecule has 13 rings (SSSR count). The molecule has 12 aliphatic heterocycles. The zero-order chi connectivity index (χ0) is 96.3. The number of carbonyl (C=O) groups is 7. The number of nitrogens with zero attached hydrogens (tertiary/aromatic N) is 16. The van der Waals surface area contributed by atoms with Gasteiger partial charge in [-0.25, -0.2) is 9.48 Å². The van der Waals surface area contributed by atoms with Crippen LogP contribution in [0, 0.1) is 45.3 Å². The Morgan fingerprint density at radius 3 is 1.15 bits per heavy atom. The van der Waals surface area contributed by atoms with Crippen molar-refractivity contribution in [2.75, 3.05) is 257 Å². The number of aliphatic hydroxyl groups is 3. The normalized spacial score (nSPS) is 23.7. The summed E-state index contributed by atoms with van der Waals surface area (Å²) in [5.41, 5.74) is 1.58. The largest absolute Gasteiger partial charge is 0.453 e. The van der Waals surface area contributed by atoms with E-state index in [9.17, 15) is 48.9 Å². The summed E-state index contributed by atoms with van der Waals surface area (Å²) in [4.78, 5) is 113. The van der Waals surface area contributed by atoms with E-state index < -0.39 is 0 Å². The van der Waals surface area contributed by atoms with Gasteiger partial charge in [0.15, 0.2) is 0 Å². The van der Waals surface area contributed by atoms with Gasteiger partial charge in [-0.05, 0) is 142 Å². The summed E-state index contributed by atoms with van der Waals surface area (Å²) in [7, 11) is 3.00. The molecule has 7 amide bonds. The van der Waals surface area contributed by atoms with Gasteiger partial charge >= 0.3 is 6.09 Å². The first-order valence-electron chi connectivity index (χ1n) is 51.2. The van der Waals surface area contributed by atoms with Gasteiger partial charge in [-0.2, -0.15) is 0 Å². The maximum absolute atomic E-state index is 12.3. The van der Waals surface area contributed by atoms with Crippen molar-refractivity contribution in [2.45, 2.75) is 288 Å². The van der Waals surface area contributed by atoms with Gasteiger partial charge in [-0.15, -0.1) is 5.10 Å².